The molecule has 0 fully saturated rings. The summed E-state index contributed by atoms with van der Waals surface area (Å²) < 4.78 is 0. The number of anilines is 1. The zero-order valence-corrected chi connectivity index (χ0v) is 13.2. The van der Waals surface area contributed by atoms with Crippen LogP contribution in [0, 0.1) is 13.8 Å². The zero-order valence-electron chi connectivity index (χ0n) is 11.6. The first kappa shape index (κ1) is 13.4. The normalized spacial score (nSPS) is 10.9. The van der Waals surface area contributed by atoms with Crippen LogP contribution in [-0.2, 0) is 0 Å². The van der Waals surface area contributed by atoms with Crippen molar-refractivity contribution in [3.8, 4) is 0 Å². The number of hydrogen-bond donors (Lipinski definition) is 1. The Morgan fingerprint density at radius 1 is 0.850 bits per heavy atom. The van der Waals surface area contributed by atoms with Gasteiger partial charge < -0.3 is 5.32 Å². The lowest BCUT2D eigenvalue weighted by atomic mass is 10.1. The Balaban J connectivity index is 1.97. The van der Waals surface area contributed by atoms with Crippen molar-refractivity contribution >= 4 is 28.4 Å². The Bertz CT molecular complexity index is 635. The Morgan fingerprint density at radius 2 is 1.50 bits per heavy atom. The van der Waals surface area contributed by atoms with Gasteiger partial charge in [-0.15, -0.1) is 22.7 Å². The second-order valence-corrected chi connectivity index (χ2v) is 6.81. The molecule has 1 nitrogen and oxygen atoms in total. The molecule has 0 radical (unpaired) electrons. The van der Waals surface area contributed by atoms with E-state index in [0.29, 0.717) is 0 Å². The van der Waals surface area contributed by atoms with Crippen LogP contribution < -0.4 is 5.32 Å². The van der Waals surface area contributed by atoms with Crippen molar-refractivity contribution in [3.05, 3.63) is 74.1 Å². The molecule has 0 saturated heterocycles. The minimum absolute atomic E-state index is 0.246. The maximum atomic E-state index is 3.71. The van der Waals surface area contributed by atoms with Crippen LogP contribution >= 0.6 is 22.7 Å². The molecule has 3 heteroatoms. The number of nitrogens with one attached hydrogen (secondary N) is 1. The molecular formula is C17H17NS2. The van der Waals surface area contributed by atoms with E-state index in [0.717, 1.165) is 0 Å². The van der Waals surface area contributed by atoms with Gasteiger partial charge in [0, 0.05) is 15.4 Å². The zero-order chi connectivity index (χ0) is 13.9. The van der Waals surface area contributed by atoms with Crippen molar-refractivity contribution in [1.82, 2.24) is 0 Å². The van der Waals surface area contributed by atoms with Gasteiger partial charge in [0.05, 0.1) is 6.04 Å². The van der Waals surface area contributed by atoms with Crippen molar-refractivity contribution in [3.63, 3.8) is 0 Å². The molecule has 0 spiro atoms. The largest absolute Gasteiger partial charge is 0.373 e. The lowest BCUT2D eigenvalue weighted by Crippen LogP contribution is -2.10. The van der Waals surface area contributed by atoms with Gasteiger partial charge >= 0.3 is 0 Å². The average Bonchev–Trinajstić information content (AvgIpc) is 3.13. The molecule has 20 heavy (non-hydrogen) atoms. The summed E-state index contributed by atoms with van der Waals surface area (Å²) in [5.41, 5.74) is 3.87. The first-order chi connectivity index (χ1) is 9.75. The van der Waals surface area contributed by atoms with Crippen molar-refractivity contribution < 1.29 is 0 Å². The topological polar surface area (TPSA) is 12.0 Å². The van der Waals surface area contributed by atoms with E-state index >= 15 is 0 Å². The van der Waals surface area contributed by atoms with Crippen LogP contribution in [0.15, 0.2) is 53.2 Å². The molecule has 3 rings (SSSR count). The SMILES string of the molecule is Cc1cccc(NC(c2cccs2)c2cccs2)c1C. The predicted molar refractivity (Wildman–Crippen MR) is 90.0 cm³/mol. The molecule has 3 aromatic rings. The summed E-state index contributed by atoms with van der Waals surface area (Å²) in [6.45, 7) is 4.34. The van der Waals surface area contributed by atoms with Gasteiger partial charge in [0.1, 0.15) is 0 Å². The molecule has 102 valence electrons. The van der Waals surface area contributed by atoms with E-state index in [1.165, 1.54) is 26.6 Å². The molecule has 0 saturated carbocycles. The molecular weight excluding hydrogens is 282 g/mol. The monoisotopic (exact) mass is 299 g/mol. The second-order valence-electron chi connectivity index (χ2n) is 4.86. The minimum atomic E-state index is 0.246. The Morgan fingerprint density at radius 3 is 2.05 bits per heavy atom. The van der Waals surface area contributed by atoms with Crippen LogP contribution in [-0.4, -0.2) is 0 Å². The summed E-state index contributed by atoms with van der Waals surface area (Å²) in [7, 11) is 0. The molecule has 1 N–H and O–H groups in total. The van der Waals surface area contributed by atoms with E-state index in [1.54, 1.807) is 22.7 Å². The first-order valence-corrected chi connectivity index (χ1v) is 8.41. The molecule has 0 amide bonds. The molecule has 0 aliphatic rings. The van der Waals surface area contributed by atoms with Crippen LogP contribution in [0.3, 0.4) is 0 Å². The van der Waals surface area contributed by atoms with Crippen LogP contribution in [0.1, 0.15) is 26.9 Å². The second kappa shape index (κ2) is 5.81. The highest BCUT2D eigenvalue weighted by molar-refractivity contribution is 7.11. The standard InChI is InChI=1S/C17H17NS2/c1-12-6-3-7-14(13(12)2)18-17(15-8-4-10-19-15)16-9-5-11-20-16/h3-11,17-18H,1-2H3. The molecule has 2 heterocycles. The van der Waals surface area contributed by atoms with E-state index in [2.05, 4.69) is 72.4 Å². The highest BCUT2D eigenvalue weighted by atomic mass is 32.1. The lowest BCUT2D eigenvalue weighted by Gasteiger charge is -2.20. The Hall–Kier alpha value is -1.58. The predicted octanol–water partition coefficient (Wildman–Crippen LogP) is 5.63. The van der Waals surface area contributed by atoms with Crippen LogP contribution in [0.25, 0.3) is 0 Å². The molecule has 0 aliphatic heterocycles. The number of thiophene rings is 2. The van der Waals surface area contributed by atoms with Gasteiger partial charge in [-0.1, -0.05) is 24.3 Å². The number of rotatable bonds is 4. The van der Waals surface area contributed by atoms with Crippen LogP contribution in [0.5, 0.6) is 0 Å². The first-order valence-electron chi connectivity index (χ1n) is 6.65. The summed E-state index contributed by atoms with van der Waals surface area (Å²) in [4.78, 5) is 2.71. The van der Waals surface area contributed by atoms with Gasteiger partial charge in [0.25, 0.3) is 0 Å². The fraction of sp³-hybridized carbons (Fsp3) is 0.176. The maximum Gasteiger partial charge on any atom is 0.0953 e. The molecule has 0 unspecified atom stereocenters. The third-order valence-corrected chi connectivity index (χ3v) is 5.43. The quantitative estimate of drug-likeness (QED) is 0.658. The molecule has 0 bridgehead atoms. The fourth-order valence-electron chi connectivity index (χ4n) is 2.26. The van der Waals surface area contributed by atoms with Crippen molar-refractivity contribution in [2.75, 3.05) is 5.32 Å². The van der Waals surface area contributed by atoms with E-state index in [9.17, 15) is 0 Å². The third kappa shape index (κ3) is 2.65. The van der Waals surface area contributed by atoms with Gasteiger partial charge in [-0.3, -0.25) is 0 Å². The van der Waals surface area contributed by atoms with Crippen molar-refractivity contribution in [1.29, 1.82) is 0 Å². The van der Waals surface area contributed by atoms with E-state index in [4.69, 9.17) is 0 Å². The number of aryl methyl sites for hydroxylation is 1. The summed E-state index contributed by atoms with van der Waals surface area (Å²) in [6.07, 6.45) is 0. The van der Waals surface area contributed by atoms with Crippen LogP contribution in [0.4, 0.5) is 5.69 Å². The average molecular weight is 299 g/mol. The molecule has 0 atom stereocenters. The smallest absolute Gasteiger partial charge is 0.0953 e. The highest BCUT2D eigenvalue weighted by Gasteiger charge is 2.17. The van der Waals surface area contributed by atoms with Crippen molar-refractivity contribution in [2.45, 2.75) is 19.9 Å². The summed E-state index contributed by atoms with van der Waals surface area (Å²) in [5.74, 6) is 0. The molecule has 2 aromatic heterocycles. The van der Waals surface area contributed by atoms with Gasteiger partial charge in [0.15, 0.2) is 0 Å². The maximum absolute atomic E-state index is 3.71. The number of benzene rings is 1. The Kier molecular flexibility index (Phi) is 3.90. The molecule has 0 aliphatic carbocycles. The summed E-state index contributed by atoms with van der Waals surface area (Å²) >= 11 is 3.61. The fourth-order valence-corrected chi connectivity index (χ4v) is 3.92. The summed E-state index contributed by atoms with van der Waals surface area (Å²) in [5, 5.41) is 7.99. The van der Waals surface area contributed by atoms with Gasteiger partial charge in [-0.05, 0) is 53.9 Å². The highest BCUT2D eigenvalue weighted by Crippen LogP contribution is 2.33. The van der Waals surface area contributed by atoms with E-state index in [1.807, 2.05) is 0 Å². The summed E-state index contributed by atoms with van der Waals surface area (Å²) in [6, 6.07) is 15.3. The third-order valence-electron chi connectivity index (χ3n) is 3.56. The lowest BCUT2D eigenvalue weighted by molar-refractivity contribution is 0.987. The molecule has 1 aromatic carbocycles. The van der Waals surface area contributed by atoms with Crippen molar-refractivity contribution in [2.24, 2.45) is 0 Å². The van der Waals surface area contributed by atoms with Gasteiger partial charge in [-0.2, -0.15) is 0 Å². The minimum Gasteiger partial charge on any atom is -0.373 e. The Labute approximate surface area is 127 Å². The van der Waals surface area contributed by atoms with E-state index in [-0.39, 0.29) is 6.04 Å². The van der Waals surface area contributed by atoms with Crippen LogP contribution in [0.2, 0.25) is 0 Å². The number of hydrogen-bond acceptors (Lipinski definition) is 3. The van der Waals surface area contributed by atoms with Gasteiger partial charge in [-0.25, -0.2) is 0 Å². The van der Waals surface area contributed by atoms with Gasteiger partial charge in [0.2, 0.25) is 0 Å². The van der Waals surface area contributed by atoms with E-state index < -0.39 is 0 Å².